The van der Waals surface area contributed by atoms with E-state index >= 15 is 0 Å². The van der Waals surface area contributed by atoms with Gasteiger partial charge in [0.05, 0.1) is 11.5 Å². The van der Waals surface area contributed by atoms with Gasteiger partial charge in [-0.15, -0.1) is 11.3 Å². The van der Waals surface area contributed by atoms with Gasteiger partial charge in [0.2, 0.25) is 0 Å². The third-order valence-corrected chi connectivity index (χ3v) is 5.03. The van der Waals surface area contributed by atoms with Gasteiger partial charge in [0.15, 0.2) is 0 Å². The first-order valence-electron chi connectivity index (χ1n) is 7.33. The molecule has 1 atom stereocenters. The van der Waals surface area contributed by atoms with Gasteiger partial charge in [-0.1, -0.05) is 0 Å². The molecule has 112 valence electrons. The average molecular weight is 304 g/mol. The second-order valence-electron chi connectivity index (χ2n) is 5.48. The quantitative estimate of drug-likeness (QED) is 0.884. The zero-order chi connectivity index (χ0) is 14.8. The molecule has 0 aliphatic carbocycles. The van der Waals surface area contributed by atoms with E-state index < -0.39 is 0 Å². The highest BCUT2D eigenvalue weighted by Crippen LogP contribution is 2.28. The Morgan fingerprint density at radius 2 is 2.33 bits per heavy atom. The first kappa shape index (κ1) is 14.4. The number of carbonyl (C=O) groups excluding carboxylic acids is 1. The molecule has 1 amide bonds. The van der Waals surface area contributed by atoms with Crippen LogP contribution in [0.4, 0.5) is 5.69 Å². The number of rotatable bonds is 4. The van der Waals surface area contributed by atoms with Crippen molar-refractivity contribution in [2.45, 2.75) is 13.3 Å². The van der Waals surface area contributed by atoms with Crippen LogP contribution in [0.1, 0.15) is 23.0 Å². The monoisotopic (exact) mass is 304 g/mol. The van der Waals surface area contributed by atoms with Crippen LogP contribution in [0.3, 0.4) is 0 Å². The van der Waals surface area contributed by atoms with E-state index in [9.17, 15) is 4.79 Å². The normalized spacial score (nSPS) is 18.2. The molecule has 21 heavy (non-hydrogen) atoms. The van der Waals surface area contributed by atoms with Crippen molar-refractivity contribution in [3.63, 3.8) is 0 Å². The molecule has 1 aliphatic rings. The van der Waals surface area contributed by atoms with Crippen LogP contribution in [-0.4, -0.2) is 37.1 Å². The number of thiophene rings is 1. The Balaban J connectivity index is 1.80. The molecule has 2 heterocycles. The molecule has 2 aromatic rings. The Morgan fingerprint density at radius 3 is 3.05 bits per heavy atom. The Morgan fingerprint density at radius 1 is 1.48 bits per heavy atom. The molecule has 1 aromatic carbocycles. The number of ether oxygens (including phenoxy) is 1. The fraction of sp³-hybridized carbons (Fsp3) is 0.438. The van der Waals surface area contributed by atoms with E-state index in [1.165, 1.54) is 11.3 Å². The molecule has 0 spiro atoms. The van der Waals surface area contributed by atoms with Gasteiger partial charge in [0.25, 0.3) is 5.91 Å². The summed E-state index contributed by atoms with van der Waals surface area (Å²) in [5.41, 5.74) is 6.53. The van der Waals surface area contributed by atoms with Gasteiger partial charge < -0.3 is 15.4 Å². The van der Waals surface area contributed by atoms with Crippen LogP contribution in [0, 0.1) is 5.92 Å². The largest absolute Gasteiger partial charge is 0.399 e. The van der Waals surface area contributed by atoms with Crippen molar-refractivity contribution in [3.8, 4) is 0 Å². The Labute approximate surface area is 128 Å². The summed E-state index contributed by atoms with van der Waals surface area (Å²) in [4.78, 5) is 15.4. The molecule has 0 saturated carbocycles. The van der Waals surface area contributed by atoms with E-state index in [1.54, 1.807) is 0 Å². The number of carbonyl (C=O) groups is 1. The van der Waals surface area contributed by atoms with Crippen molar-refractivity contribution >= 4 is 33.0 Å². The lowest BCUT2D eigenvalue weighted by Crippen LogP contribution is -2.35. The fourth-order valence-corrected chi connectivity index (χ4v) is 3.73. The summed E-state index contributed by atoms with van der Waals surface area (Å²) in [7, 11) is 0. The van der Waals surface area contributed by atoms with E-state index in [1.807, 2.05) is 36.1 Å². The number of nitrogen functional groups attached to an aromatic ring is 1. The molecule has 3 rings (SSSR count). The number of hydrogen-bond acceptors (Lipinski definition) is 4. The molecule has 5 heteroatoms. The zero-order valence-electron chi connectivity index (χ0n) is 12.2. The number of nitrogens with two attached hydrogens (primary N) is 1. The number of amides is 1. The minimum Gasteiger partial charge on any atom is -0.399 e. The predicted octanol–water partition coefficient (Wildman–Crippen LogP) is 2.98. The minimum atomic E-state index is 0.115. The first-order chi connectivity index (χ1) is 10.2. The highest BCUT2D eigenvalue weighted by atomic mass is 32.1. The van der Waals surface area contributed by atoms with Crippen LogP contribution < -0.4 is 5.73 Å². The number of nitrogens with zero attached hydrogens (tertiary/aromatic N) is 1. The topological polar surface area (TPSA) is 55.6 Å². The van der Waals surface area contributed by atoms with Gasteiger partial charge in [-0.05, 0) is 43.0 Å². The first-order valence-corrected chi connectivity index (χ1v) is 8.15. The maximum atomic E-state index is 12.7. The lowest BCUT2D eigenvalue weighted by atomic mass is 10.1. The predicted molar refractivity (Wildman–Crippen MR) is 86.7 cm³/mol. The van der Waals surface area contributed by atoms with Gasteiger partial charge in [0, 0.05) is 36.0 Å². The third-order valence-electron chi connectivity index (χ3n) is 3.92. The van der Waals surface area contributed by atoms with Crippen LogP contribution in [0.15, 0.2) is 24.3 Å². The molecule has 1 saturated heterocycles. The molecule has 2 N–H and O–H groups in total. The van der Waals surface area contributed by atoms with E-state index in [-0.39, 0.29) is 5.91 Å². The minimum absolute atomic E-state index is 0.115. The molecule has 1 fully saturated rings. The second-order valence-corrected chi connectivity index (χ2v) is 6.57. The lowest BCUT2D eigenvalue weighted by Gasteiger charge is -2.23. The number of anilines is 1. The van der Waals surface area contributed by atoms with Crippen LogP contribution in [0.2, 0.25) is 0 Å². The van der Waals surface area contributed by atoms with Crippen molar-refractivity contribution in [1.29, 1.82) is 0 Å². The van der Waals surface area contributed by atoms with E-state index in [0.29, 0.717) is 5.92 Å². The fourth-order valence-electron chi connectivity index (χ4n) is 2.72. The molecule has 0 radical (unpaired) electrons. The average Bonchev–Trinajstić information content (AvgIpc) is 3.12. The molecule has 1 aromatic heterocycles. The van der Waals surface area contributed by atoms with Gasteiger partial charge in [-0.3, -0.25) is 4.79 Å². The Hall–Kier alpha value is -1.59. The summed E-state index contributed by atoms with van der Waals surface area (Å²) in [5, 5.41) is 1.05. The lowest BCUT2D eigenvalue weighted by molar-refractivity contribution is 0.0736. The number of hydrogen-bond donors (Lipinski definition) is 1. The summed E-state index contributed by atoms with van der Waals surface area (Å²) in [6.45, 7) is 5.13. The van der Waals surface area contributed by atoms with Crippen LogP contribution >= 0.6 is 11.3 Å². The summed E-state index contributed by atoms with van der Waals surface area (Å²) < 4.78 is 6.50. The highest BCUT2D eigenvalue weighted by molar-refractivity contribution is 7.20. The molecular weight excluding hydrogens is 284 g/mol. The summed E-state index contributed by atoms with van der Waals surface area (Å²) >= 11 is 1.54. The molecule has 0 bridgehead atoms. The van der Waals surface area contributed by atoms with E-state index in [4.69, 9.17) is 10.5 Å². The van der Waals surface area contributed by atoms with E-state index in [2.05, 4.69) is 0 Å². The molecule has 1 aliphatic heterocycles. The summed E-state index contributed by atoms with van der Waals surface area (Å²) in [6.07, 6.45) is 1.05. The molecular formula is C16H20N2O2S. The highest BCUT2D eigenvalue weighted by Gasteiger charge is 2.23. The van der Waals surface area contributed by atoms with Gasteiger partial charge >= 0.3 is 0 Å². The number of fused-ring (bicyclic) bond motifs is 1. The summed E-state index contributed by atoms with van der Waals surface area (Å²) in [6, 6.07) is 7.73. The molecule has 1 unspecified atom stereocenters. The second kappa shape index (κ2) is 6.03. The van der Waals surface area contributed by atoms with Crippen molar-refractivity contribution in [3.05, 3.63) is 29.1 Å². The van der Waals surface area contributed by atoms with Crippen LogP contribution in [0.5, 0.6) is 0 Å². The Bertz CT molecular complexity index is 647. The van der Waals surface area contributed by atoms with E-state index in [0.717, 1.165) is 53.4 Å². The van der Waals surface area contributed by atoms with Gasteiger partial charge in [0.1, 0.15) is 0 Å². The Kier molecular flexibility index (Phi) is 4.12. The van der Waals surface area contributed by atoms with Crippen molar-refractivity contribution in [2.24, 2.45) is 5.92 Å². The van der Waals surface area contributed by atoms with Gasteiger partial charge in [-0.25, -0.2) is 0 Å². The number of benzene rings is 1. The molecule has 4 nitrogen and oxygen atoms in total. The van der Waals surface area contributed by atoms with Crippen molar-refractivity contribution in [2.75, 3.05) is 32.0 Å². The smallest absolute Gasteiger partial charge is 0.263 e. The zero-order valence-corrected chi connectivity index (χ0v) is 13.0. The van der Waals surface area contributed by atoms with Gasteiger partial charge in [-0.2, -0.15) is 0 Å². The summed E-state index contributed by atoms with van der Waals surface area (Å²) in [5.74, 6) is 0.586. The van der Waals surface area contributed by atoms with Crippen LogP contribution in [-0.2, 0) is 4.74 Å². The standard InChI is InChI=1S/C16H20N2O2S/c1-2-18(9-11-5-6-20-10-11)16(19)15-8-12-7-13(17)3-4-14(12)21-15/h3-4,7-8,11H,2,5-6,9-10,17H2,1H3. The van der Waals surface area contributed by atoms with Crippen molar-refractivity contribution < 1.29 is 9.53 Å². The maximum absolute atomic E-state index is 12.7. The van der Waals surface area contributed by atoms with Crippen LogP contribution in [0.25, 0.3) is 10.1 Å². The maximum Gasteiger partial charge on any atom is 0.263 e. The third kappa shape index (κ3) is 3.04. The van der Waals surface area contributed by atoms with Crippen molar-refractivity contribution in [1.82, 2.24) is 4.90 Å². The SMILES string of the molecule is CCN(CC1CCOC1)C(=O)c1cc2cc(N)ccc2s1.